The third-order valence-electron chi connectivity index (χ3n) is 5.22. The van der Waals surface area contributed by atoms with Crippen LogP contribution in [0.3, 0.4) is 0 Å². The Morgan fingerprint density at radius 3 is 2.18 bits per heavy atom. The minimum atomic E-state index is -3.98. The number of carbonyl (C=O) groups excluding carboxylic acids is 1. The first kappa shape index (κ1) is 21.8. The molecule has 0 saturated carbocycles. The van der Waals surface area contributed by atoms with Crippen LogP contribution in [0, 0.1) is 0 Å². The molecule has 166 valence electrons. The molecule has 0 radical (unpaired) electrons. The Morgan fingerprint density at radius 1 is 0.848 bits per heavy atom. The van der Waals surface area contributed by atoms with E-state index in [-0.39, 0.29) is 22.5 Å². The van der Waals surface area contributed by atoms with E-state index in [0.717, 1.165) is 32.9 Å². The van der Waals surface area contributed by atoms with Crippen LogP contribution in [0.5, 0.6) is 0 Å². The van der Waals surface area contributed by atoms with Gasteiger partial charge in [-0.05, 0) is 41.6 Å². The Morgan fingerprint density at radius 2 is 1.48 bits per heavy atom. The van der Waals surface area contributed by atoms with E-state index in [9.17, 15) is 13.2 Å². The molecule has 5 rings (SSSR count). The molecule has 0 unspecified atom stereocenters. The molecule has 3 aromatic rings. The molecule has 0 aromatic heterocycles. The molecular formula is C24H19N3O3S3. The summed E-state index contributed by atoms with van der Waals surface area (Å²) in [6, 6.07) is 25.4. The highest BCUT2D eigenvalue weighted by Crippen LogP contribution is 2.50. The molecule has 2 aliphatic heterocycles. The number of sulfonamides is 1. The van der Waals surface area contributed by atoms with Crippen molar-refractivity contribution in [1.29, 1.82) is 0 Å². The Bertz CT molecular complexity index is 1390. The quantitative estimate of drug-likeness (QED) is 0.481. The van der Waals surface area contributed by atoms with Crippen molar-refractivity contribution in [3.05, 3.63) is 100 Å². The highest BCUT2D eigenvalue weighted by molar-refractivity contribution is 8.19. The standard InChI is InChI=1S/C24H19N3O3S3/c1-26-19-14-8-9-15-20(19)31-23(26)21-22(28)27(16-17-10-4-2-5-11-17)24(32-21)25-33(29,30)18-12-6-3-7-13-18/h2-15H,16H2,1H3. The predicted molar refractivity (Wildman–Crippen MR) is 133 cm³/mol. The van der Waals surface area contributed by atoms with Crippen LogP contribution in [0.25, 0.3) is 0 Å². The van der Waals surface area contributed by atoms with Crippen molar-refractivity contribution in [3.8, 4) is 0 Å². The summed E-state index contributed by atoms with van der Waals surface area (Å²) in [5.74, 6) is -0.256. The van der Waals surface area contributed by atoms with Gasteiger partial charge in [-0.2, -0.15) is 8.42 Å². The van der Waals surface area contributed by atoms with E-state index in [4.69, 9.17) is 0 Å². The first-order valence-electron chi connectivity index (χ1n) is 10.1. The van der Waals surface area contributed by atoms with Crippen LogP contribution in [0.1, 0.15) is 5.56 Å². The summed E-state index contributed by atoms with van der Waals surface area (Å²) in [5, 5.41) is 0.923. The Kier molecular flexibility index (Phi) is 5.77. The number of carbonyl (C=O) groups is 1. The molecule has 0 aliphatic carbocycles. The van der Waals surface area contributed by atoms with Gasteiger partial charge in [-0.3, -0.25) is 9.69 Å². The number of amides is 1. The molecule has 0 spiro atoms. The summed E-state index contributed by atoms with van der Waals surface area (Å²) in [6.07, 6.45) is 0. The fourth-order valence-corrected chi connectivity index (χ4v) is 7.10. The lowest BCUT2D eigenvalue weighted by Gasteiger charge is -2.16. The van der Waals surface area contributed by atoms with E-state index in [1.807, 2.05) is 66.5 Å². The summed E-state index contributed by atoms with van der Waals surface area (Å²) >= 11 is 2.61. The number of hydrogen-bond donors (Lipinski definition) is 0. The van der Waals surface area contributed by atoms with E-state index in [2.05, 4.69) is 4.40 Å². The number of nitrogens with zero attached hydrogens (tertiary/aromatic N) is 3. The van der Waals surface area contributed by atoms with E-state index >= 15 is 0 Å². The van der Waals surface area contributed by atoms with Crippen LogP contribution >= 0.6 is 23.5 Å². The fraction of sp³-hybridized carbons (Fsp3) is 0.0833. The van der Waals surface area contributed by atoms with Crippen LogP contribution < -0.4 is 4.90 Å². The molecule has 1 saturated heterocycles. The van der Waals surface area contributed by atoms with Crippen molar-refractivity contribution in [2.45, 2.75) is 16.3 Å². The second-order valence-corrected chi connectivity index (χ2v) is 11.0. The lowest BCUT2D eigenvalue weighted by Crippen LogP contribution is -2.29. The molecule has 2 aliphatic rings. The molecule has 1 fully saturated rings. The minimum absolute atomic E-state index is 0.0890. The lowest BCUT2D eigenvalue weighted by atomic mass is 10.2. The van der Waals surface area contributed by atoms with Gasteiger partial charge in [0.05, 0.1) is 22.2 Å². The van der Waals surface area contributed by atoms with Gasteiger partial charge in [-0.15, -0.1) is 4.40 Å². The number of fused-ring (bicyclic) bond motifs is 1. The average Bonchev–Trinajstić information content (AvgIpc) is 3.32. The van der Waals surface area contributed by atoms with E-state index in [1.54, 1.807) is 18.2 Å². The number of thioether (sulfide) groups is 2. The largest absolute Gasteiger partial charge is 0.337 e. The smallest absolute Gasteiger partial charge is 0.284 e. The molecule has 0 bridgehead atoms. The van der Waals surface area contributed by atoms with Gasteiger partial charge in [0.2, 0.25) is 0 Å². The topological polar surface area (TPSA) is 70.1 Å². The van der Waals surface area contributed by atoms with Crippen LogP contribution in [0.15, 0.2) is 109 Å². The number of rotatable bonds is 4. The second kappa shape index (κ2) is 8.74. The molecule has 0 N–H and O–H groups in total. The monoisotopic (exact) mass is 493 g/mol. The molecule has 0 atom stereocenters. The summed E-state index contributed by atoms with van der Waals surface area (Å²) < 4.78 is 30.1. The zero-order valence-corrected chi connectivity index (χ0v) is 20.0. The highest BCUT2D eigenvalue weighted by atomic mass is 32.2. The van der Waals surface area contributed by atoms with Crippen LogP contribution in [-0.4, -0.2) is 31.4 Å². The summed E-state index contributed by atoms with van der Waals surface area (Å²) in [5.41, 5.74) is 1.90. The van der Waals surface area contributed by atoms with Crippen molar-refractivity contribution < 1.29 is 13.2 Å². The van der Waals surface area contributed by atoms with Crippen molar-refractivity contribution in [1.82, 2.24) is 4.90 Å². The predicted octanol–water partition coefficient (Wildman–Crippen LogP) is 4.92. The van der Waals surface area contributed by atoms with E-state index < -0.39 is 10.0 Å². The highest BCUT2D eigenvalue weighted by Gasteiger charge is 2.40. The molecule has 6 nitrogen and oxygen atoms in total. The number of amidine groups is 1. The first-order valence-corrected chi connectivity index (χ1v) is 13.2. The number of anilines is 1. The SMILES string of the molecule is CN1C(=C2SC(=NS(=O)(=O)c3ccccc3)N(Cc3ccccc3)C2=O)Sc2ccccc21. The third kappa shape index (κ3) is 4.19. The Labute approximate surface area is 201 Å². The van der Waals surface area contributed by atoms with Gasteiger partial charge in [0.1, 0.15) is 4.91 Å². The van der Waals surface area contributed by atoms with Crippen molar-refractivity contribution in [2.24, 2.45) is 4.40 Å². The van der Waals surface area contributed by atoms with E-state index in [1.165, 1.54) is 28.8 Å². The van der Waals surface area contributed by atoms with E-state index in [0.29, 0.717) is 4.91 Å². The first-order chi connectivity index (χ1) is 15.9. The number of hydrogen-bond acceptors (Lipinski definition) is 6. The van der Waals surface area contributed by atoms with Crippen molar-refractivity contribution in [2.75, 3.05) is 11.9 Å². The van der Waals surface area contributed by atoms with Gasteiger partial charge >= 0.3 is 0 Å². The number of benzene rings is 3. The van der Waals surface area contributed by atoms with Gasteiger partial charge in [-0.1, -0.05) is 72.4 Å². The summed E-state index contributed by atoms with van der Waals surface area (Å²) in [6.45, 7) is 0.230. The third-order valence-corrected chi connectivity index (χ3v) is 9.05. The molecule has 3 aromatic carbocycles. The summed E-state index contributed by atoms with van der Waals surface area (Å²) in [4.78, 5) is 18.6. The Balaban J connectivity index is 1.58. The van der Waals surface area contributed by atoms with Gasteiger partial charge in [0.15, 0.2) is 5.17 Å². The fourth-order valence-electron chi connectivity index (χ4n) is 3.56. The van der Waals surface area contributed by atoms with Gasteiger partial charge in [-0.25, -0.2) is 0 Å². The average molecular weight is 494 g/mol. The lowest BCUT2D eigenvalue weighted by molar-refractivity contribution is -0.122. The van der Waals surface area contributed by atoms with Crippen molar-refractivity contribution >= 4 is 50.3 Å². The minimum Gasteiger partial charge on any atom is -0.337 e. The summed E-state index contributed by atoms with van der Waals surface area (Å²) in [7, 11) is -2.07. The molecule has 1 amide bonds. The zero-order chi connectivity index (χ0) is 23.0. The maximum Gasteiger partial charge on any atom is 0.284 e. The zero-order valence-electron chi connectivity index (χ0n) is 17.6. The Hall–Kier alpha value is -3.01. The molecule has 2 heterocycles. The van der Waals surface area contributed by atoms with Gasteiger partial charge in [0.25, 0.3) is 15.9 Å². The van der Waals surface area contributed by atoms with Crippen LogP contribution in [0.2, 0.25) is 0 Å². The molecule has 33 heavy (non-hydrogen) atoms. The normalized spacial score (nSPS) is 19.4. The van der Waals surface area contributed by atoms with Gasteiger partial charge in [0, 0.05) is 11.9 Å². The molecule has 9 heteroatoms. The van der Waals surface area contributed by atoms with Crippen molar-refractivity contribution in [3.63, 3.8) is 0 Å². The second-order valence-electron chi connectivity index (χ2n) is 7.40. The van der Waals surface area contributed by atoms with Gasteiger partial charge < -0.3 is 4.90 Å². The maximum absolute atomic E-state index is 13.6. The maximum atomic E-state index is 13.6. The van der Waals surface area contributed by atoms with Crippen LogP contribution in [0.4, 0.5) is 5.69 Å². The molecular weight excluding hydrogens is 474 g/mol. The van der Waals surface area contributed by atoms with Crippen LogP contribution in [-0.2, 0) is 21.4 Å². The number of para-hydroxylation sites is 1.